The SMILES string of the molecule is O=P(O)(O)OCC(CF)COP(=O)(O)OCCOP(=O)(O)OCCOP(=O)(O)OCCOP(=O)(O)OCCOP(=O)(O)OCCOP(=O)(O)OCCOP(=O)(O)OCC(CO)CF. The van der Waals surface area contributed by atoms with Crippen molar-refractivity contribution < 1.29 is 162 Å². The molecule has 0 aliphatic rings. The molecule has 0 saturated carbocycles. The topological polar surface area (TPSA) is 477 Å². The third-order valence-corrected chi connectivity index (χ3v) is 13.2. The van der Waals surface area contributed by atoms with Gasteiger partial charge >= 0.3 is 62.6 Å². The summed E-state index contributed by atoms with van der Waals surface area (Å²) in [5, 5.41) is 8.82. The maximum Gasteiger partial charge on any atom is 0.472 e. The van der Waals surface area contributed by atoms with Crippen LogP contribution in [0.1, 0.15) is 0 Å². The van der Waals surface area contributed by atoms with Gasteiger partial charge in [0, 0.05) is 11.8 Å². The minimum absolute atomic E-state index is 0.672. The summed E-state index contributed by atoms with van der Waals surface area (Å²) in [6.07, 6.45) is 0. The van der Waals surface area contributed by atoms with Crippen molar-refractivity contribution in [3.05, 3.63) is 0 Å². The molecule has 0 aromatic carbocycles. The van der Waals surface area contributed by atoms with Crippen LogP contribution in [0.15, 0.2) is 0 Å². The number of phosphoric acid groups is 8. The van der Waals surface area contributed by atoms with Gasteiger partial charge in [0.25, 0.3) is 0 Å². The van der Waals surface area contributed by atoms with Crippen molar-refractivity contribution in [2.75, 3.05) is 119 Å². The van der Waals surface area contributed by atoms with Crippen molar-refractivity contribution in [1.29, 1.82) is 0 Å². The second-order valence-electron chi connectivity index (χ2n) is 10.9. The predicted octanol–water partition coefficient (Wildman–Crippen LogP) is 1.19. The number of phosphoric ester groups is 8. The summed E-state index contributed by atoms with van der Waals surface area (Å²) < 4.78 is 185. The van der Waals surface area contributed by atoms with Crippen LogP contribution in [0.2, 0.25) is 0 Å². The zero-order valence-electron chi connectivity index (χ0n) is 32.1. The zero-order valence-corrected chi connectivity index (χ0v) is 39.2. The van der Waals surface area contributed by atoms with E-state index < -0.39 is 193 Å². The Bertz CT molecular complexity index is 1680. The molecule has 63 heavy (non-hydrogen) atoms. The Morgan fingerprint density at radius 3 is 0.651 bits per heavy atom. The quantitative estimate of drug-likeness (QED) is 0.0303. The van der Waals surface area contributed by atoms with Gasteiger partial charge in [-0.25, -0.2) is 36.5 Å². The molecule has 0 rings (SSSR count). The Balaban J connectivity index is 4.24. The van der Waals surface area contributed by atoms with Crippen molar-refractivity contribution in [3.8, 4) is 0 Å². The summed E-state index contributed by atoms with van der Waals surface area (Å²) >= 11 is 0. The van der Waals surface area contributed by atoms with Gasteiger partial charge in [0.2, 0.25) is 0 Å². The summed E-state index contributed by atoms with van der Waals surface area (Å²) in [7, 11) is -39.2. The highest BCUT2D eigenvalue weighted by atomic mass is 31.2. The van der Waals surface area contributed by atoms with Gasteiger partial charge in [-0.15, -0.1) is 0 Å². The summed E-state index contributed by atoms with van der Waals surface area (Å²) in [5.41, 5.74) is 0. The van der Waals surface area contributed by atoms with Crippen LogP contribution < -0.4 is 0 Å². The van der Waals surface area contributed by atoms with E-state index in [0.717, 1.165) is 0 Å². The third kappa shape index (κ3) is 37.3. The smallest absolute Gasteiger partial charge is 0.396 e. The fourth-order valence-electron chi connectivity index (χ4n) is 2.98. The highest BCUT2D eigenvalue weighted by molar-refractivity contribution is 7.49. The van der Waals surface area contributed by atoms with E-state index in [1.807, 2.05) is 0 Å². The van der Waals surface area contributed by atoms with E-state index in [9.17, 15) is 79.6 Å². The predicted molar refractivity (Wildman–Crippen MR) is 196 cm³/mol. The van der Waals surface area contributed by atoms with Gasteiger partial charge in [-0.2, -0.15) is 0 Å². The lowest BCUT2D eigenvalue weighted by Crippen LogP contribution is -2.17. The minimum atomic E-state index is -4.96. The van der Waals surface area contributed by atoms with Crippen LogP contribution >= 0.6 is 62.6 Å². The van der Waals surface area contributed by atoms with E-state index in [0.29, 0.717) is 0 Å². The molecule has 0 aliphatic heterocycles. The normalized spacial score (nSPS) is 20.3. The Labute approximate surface area is 355 Å². The number of rotatable bonds is 42. The Hall–Kier alpha value is 0.700. The van der Waals surface area contributed by atoms with Gasteiger partial charge in [-0.3, -0.25) is 76.6 Å². The molecule has 0 amide bonds. The van der Waals surface area contributed by atoms with Gasteiger partial charge in [-0.05, 0) is 0 Å². The largest absolute Gasteiger partial charge is 0.472 e. The van der Waals surface area contributed by atoms with Crippen molar-refractivity contribution in [2.24, 2.45) is 11.8 Å². The third-order valence-electron chi connectivity index (χ3n) is 5.67. The maximum atomic E-state index is 12.9. The Morgan fingerprint density at radius 1 is 0.302 bits per heavy atom. The molecular formula is C20H48F2O33P8. The average Bonchev–Trinajstić information content (AvgIpc) is 3.16. The molecule has 0 aromatic rings. The molecule has 33 nitrogen and oxygen atoms in total. The molecule has 0 fully saturated rings. The molecule has 9 unspecified atom stereocenters. The highest BCUT2D eigenvalue weighted by Gasteiger charge is 2.30. The summed E-state index contributed by atoms with van der Waals surface area (Å²) in [4.78, 5) is 84.2. The molecule has 0 spiro atoms. The van der Waals surface area contributed by atoms with E-state index in [1.165, 1.54) is 0 Å². The average molecular weight is 1100 g/mol. The fraction of sp³-hybridized carbons (Fsp3) is 1.00. The van der Waals surface area contributed by atoms with Gasteiger partial charge < -0.3 is 49.1 Å². The van der Waals surface area contributed by atoms with Gasteiger partial charge in [0.05, 0.1) is 119 Å². The van der Waals surface area contributed by atoms with Gasteiger partial charge in [0.15, 0.2) is 0 Å². The molecule has 0 aliphatic carbocycles. The molecular weight excluding hydrogens is 1050 g/mol. The first kappa shape index (κ1) is 63.7. The number of aliphatic hydroxyl groups is 1. The van der Waals surface area contributed by atoms with E-state index in [4.69, 9.17) is 14.9 Å². The number of hydrogen-bond donors (Lipinski definition) is 10. The lowest BCUT2D eigenvalue weighted by Gasteiger charge is -2.17. The van der Waals surface area contributed by atoms with Crippen LogP contribution in [-0.4, -0.2) is 168 Å². The number of hydrogen-bond acceptors (Lipinski definition) is 24. The molecule has 0 aromatic heterocycles. The monoisotopic (exact) mass is 1100 g/mol. The first-order valence-electron chi connectivity index (χ1n) is 16.6. The van der Waals surface area contributed by atoms with Crippen molar-refractivity contribution in [2.45, 2.75) is 0 Å². The molecule has 0 saturated heterocycles. The van der Waals surface area contributed by atoms with Crippen molar-refractivity contribution >= 4 is 62.6 Å². The van der Waals surface area contributed by atoms with Crippen LogP contribution in [0, 0.1) is 11.8 Å². The van der Waals surface area contributed by atoms with E-state index in [-0.39, 0.29) is 0 Å². The summed E-state index contributed by atoms with van der Waals surface area (Å²) in [6, 6.07) is 0. The molecule has 9 atom stereocenters. The number of halogens is 2. The van der Waals surface area contributed by atoms with Crippen LogP contribution in [0.4, 0.5) is 8.78 Å². The second-order valence-corrected chi connectivity index (χ2v) is 22.3. The Morgan fingerprint density at radius 2 is 0.476 bits per heavy atom. The first-order valence-corrected chi connectivity index (χ1v) is 28.6. The lowest BCUT2D eigenvalue weighted by atomic mass is 10.2. The van der Waals surface area contributed by atoms with Crippen LogP contribution in [0.25, 0.3) is 0 Å². The highest BCUT2D eigenvalue weighted by Crippen LogP contribution is 2.50. The fourth-order valence-corrected chi connectivity index (χ4v) is 8.37. The van der Waals surface area contributed by atoms with Gasteiger partial charge in [-0.1, -0.05) is 0 Å². The summed E-state index contributed by atoms with van der Waals surface area (Å²) in [6.45, 7) is -15.9. The lowest BCUT2D eigenvalue weighted by molar-refractivity contribution is 0.0696. The summed E-state index contributed by atoms with van der Waals surface area (Å²) in [5.74, 6) is -2.47. The first-order chi connectivity index (χ1) is 28.9. The molecule has 0 radical (unpaired) electrons. The number of aliphatic hydroxyl groups excluding tert-OH is 1. The maximum absolute atomic E-state index is 12.9. The van der Waals surface area contributed by atoms with Crippen LogP contribution in [0.5, 0.6) is 0 Å². The van der Waals surface area contributed by atoms with Crippen LogP contribution in [0.3, 0.4) is 0 Å². The van der Waals surface area contributed by atoms with Crippen molar-refractivity contribution in [1.82, 2.24) is 0 Å². The van der Waals surface area contributed by atoms with E-state index >= 15 is 0 Å². The van der Waals surface area contributed by atoms with Crippen LogP contribution in [-0.2, 0) is 104 Å². The molecule has 380 valence electrons. The standard InChI is InChI=1S/C20H48F2O33P8/c21-13-19(15-23)16-54-62(37,38)51-11-9-49-60(33,34)47-7-5-45-58(29,30)43-3-1-41-57(27,28)42-2-4-44-59(31,32)46-6-8-48-61(35,36)50-10-12-52-63(39,40)55-18-20(14-22)17-53-56(24,25)26/h19-20,23H,1-18H2,(H,27,28)(H,29,30)(H,31,32)(H,33,34)(H,35,36)(H,37,38)(H,39,40)(H2,24,25,26). The van der Waals surface area contributed by atoms with E-state index in [1.54, 1.807) is 0 Å². The molecule has 43 heteroatoms. The van der Waals surface area contributed by atoms with Gasteiger partial charge in [0.1, 0.15) is 0 Å². The molecule has 10 N–H and O–H groups in total. The van der Waals surface area contributed by atoms with Crippen molar-refractivity contribution in [3.63, 3.8) is 0 Å². The number of alkyl halides is 2. The van der Waals surface area contributed by atoms with E-state index in [2.05, 4.69) is 67.9 Å². The Kier molecular flexibility index (Phi) is 31.4. The zero-order chi connectivity index (χ0) is 48.5. The second kappa shape index (κ2) is 31.0. The minimum Gasteiger partial charge on any atom is -0.396 e. The molecule has 0 heterocycles. The molecule has 0 bridgehead atoms.